The summed E-state index contributed by atoms with van der Waals surface area (Å²) in [6.45, 7) is 10.4. The fourth-order valence-electron chi connectivity index (χ4n) is 1.67. The smallest absolute Gasteiger partial charge is 0.403 e. The monoisotopic (exact) mass is 244 g/mol. The van der Waals surface area contributed by atoms with Crippen LogP contribution in [0.25, 0.3) is 0 Å². The van der Waals surface area contributed by atoms with Gasteiger partial charge in [-0.3, -0.25) is 0 Å². The van der Waals surface area contributed by atoms with E-state index in [9.17, 15) is 0 Å². The van der Waals surface area contributed by atoms with E-state index in [1.54, 1.807) is 7.11 Å². The van der Waals surface area contributed by atoms with Crippen LogP contribution < -0.4 is 0 Å². The van der Waals surface area contributed by atoms with E-state index >= 15 is 0 Å². The van der Waals surface area contributed by atoms with E-state index in [-0.39, 0.29) is 18.3 Å². The molecule has 1 aliphatic rings. The van der Waals surface area contributed by atoms with Gasteiger partial charge in [0, 0.05) is 33.3 Å². The van der Waals surface area contributed by atoms with Crippen LogP contribution in [0.4, 0.5) is 0 Å². The summed E-state index contributed by atoms with van der Waals surface area (Å²) in [6.07, 6.45) is 1.71. The van der Waals surface area contributed by atoms with Crippen LogP contribution in [0.2, 0.25) is 6.32 Å². The summed E-state index contributed by atoms with van der Waals surface area (Å²) in [6, 6.07) is 0. The average molecular weight is 244 g/mol. The fraction of sp³-hybridized carbons (Fsp3) is 1.00. The van der Waals surface area contributed by atoms with Crippen molar-refractivity contribution in [3.8, 4) is 0 Å². The topological polar surface area (TPSA) is 36.9 Å². The highest BCUT2D eigenvalue weighted by Gasteiger charge is 2.50. The van der Waals surface area contributed by atoms with Gasteiger partial charge in [-0.1, -0.05) is 0 Å². The van der Waals surface area contributed by atoms with Crippen molar-refractivity contribution in [2.75, 3.05) is 26.9 Å². The standard InChI is InChI=1S/C12H25BO4/c1-11(2)12(3,4)17-13(16-11)7-10-15-9-6-8-14-5/h6-10H2,1-5H3. The first-order valence-electron chi connectivity index (χ1n) is 6.31. The summed E-state index contributed by atoms with van der Waals surface area (Å²) in [5, 5.41) is 0. The van der Waals surface area contributed by atoms with Crippen LogP contribution >= 0.6 is 0 Å². The molecule has 1 saturated heterocycles. The summed E-state index contributed by atoms with van der Waals surface area (Å²) >= 11 is 0. The molecular weight excluding hydrogens is 219 g/mol. The third kappa shape index (κ3) is 4.25. The summed E-state index contributed by atoms with van der Waals surface area (Å²) in [5.74, 6) is 0. The van der Waals surface area contributed by atoms with Crippen molar-refractivity contribution in [3.05, 3.63) is 0 Å². The van der Waals surface area contributed by atoms with Crippen molar-refractivity contribution in [1.82, 2.24) is 0 Å². The molecule has 17 heavy (non-hydrogen) atoms. The lowest BCUT2D eigenvalue weighted by molar-refractivity contribution is 0.00578. The van der Waals surface area contributed by atoms with Gasteiger partial charge in [0.15, 0.2) is 0 Å². The van der Waals surface area contributed by atoms with E-state index in [1.807, 2.05) is 0 Å². The molecule has 0 bridgehead atoms. The van der Waals surface area contributed by atoms with E-state index in [1.165, 1.54) is 0 Å². The van der Waals surface area contributed by atoms with Crippen LogP contribution in [0.5, 0.6) is 0 Å². The molecule has 0 aromatic heterocycles. The summed E-state index contributed by atoms with van der Waals surface area (Å²) in [5.41, 5.74) is -0.485. The van der Waals surface area contributed by atoms with Crippen molar-refractivity contribution < 1.29 is 18.8 Å². The van der Waals surface area contributed by atoms with Gasteiger partial charge in [-0.25, -0.2) is 0 Å². The molecule has 1 fully saturated rings. The Labute approximate surface area is 105 Å². The van der Waals surface area contributed by atoms with Gasteiger partial charge in [0.25, 0.3) is 0 Å². The minimum atomic E-state index is -0.242. The summed E-state index contributed by atoms with van der Waals surface area (Å²) < 4.78 is 22.2. The lowest BCUT2D eigenvalue weighted by Crippen LogP contribution is -2.41. The largest absolute Gasteiger partial charge is 0.460 e. The lowest BCUT2D eigenvalue weighted by atomic mass is 9.86. The van der Waals surface area contributed by atoms with E-state index in [0.717, 1.165) is 26.0 Å². The van der Waals surface area contributed by atoms with Crippen LogP contribution in [0.15, 0.2) is 0 Å². The highest BCUT2D eigenvalue weighted by Crippen LogP contribution is 2.37. The molecule has 0 aromatic carbocycles. The lowest BCUT2D eigenvalue weighted by Gasteiger charge is -2.32. The molecule has 0 aliphatic carbocycles. The van der Waals surface area contributed by atoms with Crippen LogP contribution in [0.3, 0.4) is 0 Å². The molecule has 5 heteroatoms. The Morgan fingerprint density at radius 1 is 0.941 bits per heavy atom. The van der Waals surface area contributed by atoms with Gasteiger partial charge in [0.2, 0.25) is 0 Å². The van der Waals surface area contributed by atoms with Gasteiger partial charge < -0.3 is 18.8 Å². The van der Waals surface area contributed by atoms with Gasteiger partial charge in [0.05, 0.1) is 11.2 Å². The first kappa shape index (κ1) is 15.0. The molecular formula is C12H25BO4. The Balaban J connectivity index is 2.14. The first-order valence-corrected chi connectivity index (χ1v) is 6.31. The minimum Gasteiger partial charge on any atom is -0.403 e. The molecule has 0 unspecified atom stereocenters. The third-order valence-corrected chi connectivity index (χ3v) is 3.44. The predicted molar refractivity (Wildman–Crippen MR) is 68.2 cm³/mol. The summed E-state index contributed by atoms with van der Waals surface area (Å²) in [7, 11) is 1.55. The molecule has 0 aromatic rings. The van der Waals surface area contributed by atoms with Crippen LogP contribution in [0, 0.1) is 0 Å². The first-order chi connectivity index (χ1) is 7.89. The van der Waals surface area contributed by atoms with Crippen molar-refractivity contribution in [3.63, 3.8) is 0 Å². The second-order valence-corrected chi connectivity index (χ2v) is 5.43. The number of rotatable bonds is 7. The highest BCUT2D eigenvalue weighted by molar-refractivity contribution is 6.45. The second kappa shape index (κ2) is 6.18. The minimum absolute atomic E-state index is 0.151. The van der Waals surface area contributed by atoms with E-state index in [4.69, 9.17) is 18.8 Å². The number of methoxy groups -OCH3 is 1. The maximum atomic E-state index is 5.86. The van der Waals surface area contributed by atoms with Crippen molar-refractivity contribution >= 4 is 7.12 Å². The van der Waals surface area contributed by atoms with Crippen LogP contribution in [0.1, 0.15) is 34.1 Å². The molecule has 0 N–H and O–H groups in total. The van der Waals surface area contributed by atoms with Gasteiger partial charge in [-0.2, -0.15) is 0 Å². The maximum absolute atomic E-state index is 5.86. The second-order valence-electron chi connectivity index (χ2n) is 5.43. The molecule has 0 saturated carbocycles. The Hall–Kier alpha value is -0.0951. The number of hydrogen-bond acceptors (Lipinski definition) is 4. The van der Waals surface area contributed by atoms with Crippen LogP contribution in [-0.2, 0) is 18.8 Å². The van der Waals surface area contributed by atoms with Gasteiger partial charge in [-0.05, 0) is 34.1 Å². The van der Waals surface area contributed by atoms with Gasteiger partial charge in [-0.15, -0.1) is 0 Å². The molecule has 0 amide bonds. The van der Waals surface area contributed by atoms with Crippen molar-refractivity contribution in [1.29, 1.82) is 0 Å². The van der Waals surface area contributed by atoms with E-state index < -0.39 is 0 Å². The fourth-order valence-corrected chi connectivity index (χ4v) is 1.67. The van der Waals surface area contributed by atoms with E-state index in [0.29, 0.717) is 6.61 Å². The molecule has 100 valence electrons. The number of ether oxygens (including phenoxy) is 2. The zero-order valence-electron chi connectivity index (χ0n) is 11.7. The van der Waals surface area contributed by atoms with Gasteiger partial charge >= 0.3 is 7.12 Å². The third-order valence-electron chi connectivity index (χ3n) is 3.44. The Morgan fingerprint density at radius 2 is 1.53 bits per heavy atom. The van der Waals surface area contributed by atoms with E-state index in [2.05, 4.69) is 27.7 Å². The molecule has 0 radical (unpaired) electrons. The SMILES string of the molecule is COCCCOCCB1OC(C)(C)C(C)(C)O1. The molecule has 0 atom stereocenters. The molecule has 0 spiro atoms. The molecule has 4 nitrogen and oxygen atoms in total. The quantitative estimate of drug-likeness (QED) is 0.507. The van der Waals surface area contributed by atoms with Gasteiger partial charge in [0.1, 0.15) is 0 Å². The normalized spacial score (nSPS) is 22.1. The summed E-state index contributed by atoms with van der Waals surface area (Å²) in [4.78, 5) is 0. The highest BCUT2D eigenvalue weighted by atomic mass is 16.7. The predicted octanol–water partition coefficient (Wildman–Crippen LogP) is 2.13. The molecule has 1 aliphatic heterocycles. The van der Waals surface area contributed by atoms with Crippen molar-refractivity contribution in [2.24, 2.45) is 0 Å². The Kier molecular flexibility index (Phi) is 5.44. The zero-order chi connectivity index (χ0) is 12.9. The molecule has 1 heterocycles. The number of hydrogen-bond donors (Lipinski definition) is 0. The molecule has 1 rings (SSSR count). The zero-order valence-corrected chi connectivity index (χ0v) is 11.7. The van der Waals surface area contributed by atoms with Crippen LogP contribution in [-0.4, -0.2) is 45.3 Å². The Bertz CT molecular complexity index is 215. The average Bonchev–Trinajstić information content (AvgIpc) is 2.41. The maximum Gasteiger partial charge on any atom is 0.460 e. The Morgan fingerprint density at radius 3 is 2.06 bits per heavy atom. The van der Waals surface area contributed by atoms with Crippen molar-refractivity contribution in [2.45, 2.75) is 51.6 Å².